The molecule has 0 saturated heterocycles. The second-order valence-electron chi connectivity index (χ2n) is 4.83. The number of hydrogen-bond acceptors (Lipinski definition) is 1. The molecule has 0 saturated carbocycles. The van der Waals surface area contributed by atoms with Gasteiger partial charge in [-0.3, -0.25) is 0 Å². The zero-order chi connectivity index (χ0) is 10.1. The molecule has 0 radical (unpaired) electrons. The summed E-state index contributed by atoms with van der Waals surface area (Å²) in [7, 11) is 0. The van der Waals surface area contributed by atoms with Crippen LogP contribution in [0.4, 0.5) is 0 Å². The Bertz CT molecular complexity index is 208. The molecule has 0 aromatic heterocycles. The molecule has 76 valence electrons. The average molecular weight is 182 g/mol. The van der Waals surface area contributed by atoms with Gasteiger partial charge in [0.05, 0.1) is 12.7 Å². The molecule has 1 aliphatic rings. The van der Waals surface area contributed by atoms with Gasteiger partial charge >= 0.3 is 0 Å². The third-order valence-electron chi connectivity index (χ3n) is 2.77. The molecule has 13 heavy (non-hydrogen) atoms. The maximum Gasteiger partial charge on any atom is 0.0795 e. The lowest BCUT2D eigenvalue weighted by molar-refractivity contribution is 0.106. The third-order valence-corrected chi connectivity index (χ3v) is 2.77. The maximum absolute atomic E-state index is 5.77. The second-order valence-corrected chi connectivity index (χ2v) is 4.83. The smallest absolute Gasteiger partial charge is 0.0795 e. The zero-order valence-corrected chi connectivity index (χ0v) is 9.61. The van der Waals surface area contributed by atoms with Gasteiger partial charge in [-0.25, -0.2) is 0 Å². The quantitative estimate of drug-likeness (QED) is 0.593. The van der Waals surface area contributed by atoms with Crippen LogP contribution >= 0.6 is 0 Å². The van der Waals surface area contributed by atoms with E-state index < -0.39 is 0 Å². The molecule has 1 nitrogen and oxygen atoms in total. The fraction of sp³-hybridized carbons (Fsp3) is 0.833. The van der Waals surface area contributed by atoms with E-state index in [0.29, 0.717) is 6.10 Å². The van der Waals surface area contributed by atoms with Gasteiger partial charge in [0.2, 0.25) is 0 Å². The summed E-state index contributed by atoms with van der Waals surface area (Å²) < 4.78 is 5.77. The largest absolute Gasteiger partial charge is 0.370 e. The van der Waals surface area contributed by atoms with Gasteiger partial charge in [0.1, 0.15) is 0 Å². The van der Waals surface area contributed by atoms with Crippen LogP contribution in [0.2, 0.25) is 0 Å². The Labute approximate surface area is 82.2 Å². The number of rotatable bonds is 2. The summed E-state index contributed by atoms with van der Waals surface area (Å²) in [5, 5.41) is 0. The van der Waals surface area contributed by atoms with Crippen molar-refractivity contribution in [3.63, 3.8) is 0 Å². The lowest BCUT2D eigenvalue weighted by Crippen LogP contribution is -2.20. The molecular weight excluding hydrogens is 160 g/mol. The standard InChI is InChI=1S/C12H22O/c1-6-9-8-13-10(7-2)11(9)12(3,4)5/h10H,6-8H2,1-5H3. The Morgan fingerprint density at radius 1 is 1.31 bits per heavy atom. The number of hydrogen-bond donors (Lipinski definition) is 0. The van der Waals surface area contributed by atoms with Gasteiger partial charge in [-0.2, -0.15) is 0 Å². The van der Waals surface area contributed by atoms with E-state index >= 15 is 0 Å². The molecule has 0 aliphatic carbocycles. The zero-order valence-electron chi connectivity index (χ0n) is 9.61. The van der Waals surface area contributed by atoms with Crippen molar-refractivity contribution in [3.8, 4) is 0 Å². The summed E-state index contributed by atoms with van der Waals surface area (Å²) in [6.07, 6.45) is 2.63. The fourth-order valence-electron chi connectivity index (χ4n) is 2.22. The Morgan fingerprint density at radius 3 is 2.31 bits per heavy atom. The van der Waals surface area contributed by atoms with Gasteiger partial charge in [0, 0.05) is 0 Å². The third kappa shape index (κ3) is 2.14. The predicted octanol–water partition coefficient (Wildman–Crippen LogP) is 3.55. The first-order chi connectivity index (χ1) is 6.00. The first-order valence-electron chi connectivity index (χ1n) is 5.34. The van der Waals surface area contributed by atoms with Gasteiger partial charge in [0.25, 0.3) is 0 Å². The second kappa shape index (κ2) is 3.83. The highest BCUT2D eigenvalue weighted by Crippen LogP contribution is 2.38. The van der Waals surface area contributed by atoms with Crippen LogP contribution in [0.25, 0.3) is 0 Å². The van der Waals surface area contributed by atoms with Crippen LogP contribution in [-0.2, 0) is 4.74 Å². The maximum atomic E-state index is 5.77. The molecule has 0 aromatic rings. The van der Waals surface area contributed by atoms with Crippen molar-refractivity contribution in [2.45, 2.75) is 53.6 Å². The Morgan fingerprint density at radius 2 is 1.92 bits per heavy atom. The summed E-state index contributed by atoms with van der Waals surface area (Å²) in [5.74, 6) is 0. The summed E-state index contributed by atoms with van der Waals surface area (Å²) in [5.41, 5.74) is 3.36. The van der Waals surface area contributed by atoms with Gasteiger partial charge < -0.3 is 4.74 Å². The normalized spacial score (nSPS) is 24.2. The van der Waals surface area contributed by atoms with Crippen LogP contribution in [0.3, 0.4) is 0 Å². The summed E-state index contributed by atoms with van der Waals surface area (Å²) >= 11 is 0. The van der Waals surface area contributed by atoms with Crippen molar-refractivity contribution < 1.29 is 4.74 Å². The van der Waals surface area contributed by atoms with E-state index in [2.05, 4.69) is 34.6 Å². The van der Waals surface area contributed by atoms with Gasteiger partial charge in [-0.1, -0.05) is 34.6 Å². The monoisotopic (exact) mass is 182 g/mol. The first kappa shape index (κ1) is 10.8. The van der Waals surface area contributed by atoms with E-state index in [4.69, 9.17) is 4.74 Å². The highest BCUT2D eigenvalue weighted by molar-refractivity contribution is 5.28. The molecule has 0 bridgehead atoms. The number of ether oxygens (including phenoxy) is 1. The molecular formula is C12H22O. The van der Waals surface area contributed by atoms with Crippen LogP contribution in [0.15, 0.2) is 11.1 Å². The van der Waals surface area contributed by atoms with Crippen molar-refractivity contribution in [1.82, 2.24) is 0 Å². The summed E-state index contributed by atoms with van der Waals surface area (Å²) in [4.78, 5) is 0. The van der Waals surface area contributed by atoms with E-state index in [1.165, 1.54) is 5.57 Å². The minimum Gasteiger partial charge on any atom is -0.370 e. The van der Waals surface area contributed by atoms with Crippen molar-refractivity contribution in [1.29, 1.82) is 0 Å². The van der Waals surface area contributed by atoms with Crippen LogP contribution < -0.4 is 0 Å². The minimum absolute atomic E-state index is 0.280. The van der Waals surface area contributed by atoms with E-state index in [-0.39, 0.29) is 5.41 Å². The lowest BCUT2D eigenvalue weighted by Gasteiger charge is -2.26. The molecule has 1 heterocycles. The van der Waals surface area contributed by atoms with E-state index in [9.17, 15) is 0 Å². The van der Waals surface area contributed by atoms with E-state index in [0.717, 1.165) is 19.4 Å². The highest BCUT2D eigenvalue weighted by Gasteiger charge is 2.31. The molecule has 1 rings (SSSR count). The first-order valence-corrected chi connectivity index (χ1v) is 5.34. The molecule has 1 aliphatic heterocycles. The summed E-state index contributed by atoms with van der Waals surface area (Å²) in [6, 6.07) is 0. The molecule has 1 atom stereocenters. The van der Waals surface area contributed by atoms with Crippen LogP contribution in [0.5, 0.6) is 0 Å². The highest BCUT2D eigenvalue weighted by atomic mass is 16.5. The minimum atomic E-state index is 0.280. The fourth-order valence-corrected chi connectivity index (χ4v) is 2.22. The molecule has 1 heteroatoms. The SMILES string of the molecule is CCC1=C(C(C)(C)C)C(CC)OC1. The van der Waals surface area contributed by atoms with E-state index in [1.807, 2.05) is 0 Å². The van der Waals surface area contributed by atoms with Crippen molar-refractivity contribution >= 4 is 0 Å². The molecule has 0 N–H and O–H groups in total. The molecule has 0 fully saturated rings. The Balaban J connectivity index is 2.96. The van der Waals surface area contributed by atoms with Gasteiger partial charge in [-0.05, 0) is 29.4 Å². The van der Waals surface area contributed by atoms with Crippen molar-refractivity contribution in [2.24, 2.45) is 5.41 Å². The van der Waals surface area contributed by atoms with Gasteiger partial charge in [0.15, 0.2) is 0 Å². The average Bonchev–Trinajstić information content (AvgIpc) is 2.45. The lowest BCUT2D eigenvalue weighted by atomic mass is 9.80. The van der Waals surface area contributed by atoms with Crippen molar-refractivity contribution in [3.05, 3.63) is 11.1 Å². The topological polar surface area (TPSA) is 9.23 Å². The molecule has 0 aromatic carbocycles. The van der Waals surface area contributed by atoms with Crippen LogP contribution in [-0.4, -0.2) is 12.7 Å². The van der Waals surface area contributed by atoms with Crippen molar-refractivity contribution in [2.75, 3.05) is 6.61 Å². The Kier molecular flexibility index (Phi) is 3.18. The van der Waals surface area contributed by atoms with Gasteiger partial charge in [-0.15, -0.1) is 0 Å². The molecule has 0 amide bonds. The predicted molar refractivity (Wildman–Crippen MR) is 56.8 cm³/mol. The Hall–Kier alpha value is -0.300. The molecule has 1 unspecified atom stereocenters. The van der Waals surface area contributed by atoms with Crippen LogP contribution in [0, 0.1) is 5.41 Å². The summed E-state index contributed by atoms with van der Waals surface area (Å²) in [6.45, 7) is 12.2. The van der Waals surface area contributed by atoms with Crippen LogP contribution in [0.1, 0.15) is 47.5 Å². The molecule has 0 spiro atoms. The van der Waals surface area contributed by atoms with E-state index in [1.54, 1.807) is 5.57 Å².